The van der Waals surface area contributed by atoms with Crippen molar-refractivity contribution in [2.24, 2.45) is 0 Å². The Morgan fingerprint density at radius 2 is 1.96 bits per heavy atom. The first-order chi connectivity index (χ1) is 12.0. The smallest absolute Gasteiger partial charge is 0.258 e. The lowest BCUT2D eigenvalue weighted by Crippen LogP contribution is -2.20. The van der Waals surface area contributed by atoms with Gasteiger partial charge >= 0.3 is 0 Å². The van der Waals surface area contributed by atoms with E-state index in [-0.39, 0.29) is 33.2 Å². The van der Waals surface area contributed by atoms with Crippen molar-refractivity contribution in [3.8, 4) is 11.5 Å². The summed E-state index contributed by atoms with van der Waals surface area (Å²) in [6.07, 6.45) is 0.286. The Morgan fingerprint density at radius 1 is 1.27 bits per heavy atom. The second-order valence-corrected chi connectivity index (χ2v) is 8.23. The monoisotopic (exact) mass is 380 g/mol. The average Bonchev–Trinajstić information content (AvgIpc) is 2.77. The van der Waals surface area contributed by atoms with E-state index in [0.29, 0.717) is 0 Å². The van der Waals surface area contributed by atoms with Crippen LogP contribution in [0.2, 0.25) is 0 Å². The molecule has 0 N–H and O–H groups in total. The first-order valence-electron chi connectivity index (χ1n) is 7.62. The zero-order chi connectivity index (χ0) is 19.3. The molecule has 4 nitrogen and oxygen atoms in total. The Morgan fingerprint density at radius 3 is 2.58 bits per heavy atom. The molecule has 0 heterocycles. The van der Waals surface area contributed by atoms with E-state index in [0.717, 1.165) is 18.4 Å². The summed E-state index contributed by atoms with van der Waals surface area (Å²) in [5.41, 5.74) is 0.110. The maximum absolute atomic E-state index is 14.3. The van der Waals surface area contributed by atoms with Crippen LogP contribution >= 0.6 is 0 Å². The number of alkyl halides is 2. The third-order valence-corrected chi connectivity index (χ3v) is 5.52. The lowest BCUT2D eigenvalue weighted by Gasteiger charge is -2.16. The van der Waals surface area contributed by atoms with Gasteiger partial charge in [-0.3, -0.25) is 0 Å². The predicted octanol–water partition coefficient (Wildman–Crippen LogP) is 4.87. The molecule has 0 radical (unpaired) electrons. The number of hydrogen-bond acceptors (Lipinski definition) is 3. The van der Waals surface area contributed by atoms with E-state index in [4.69, 9.17) is 11.3 Å². The van der Waals surface area contributed by atoms with E-state index < -0.39 is 33.9 Å². The lowest BCUT2D eigenvalue weighted by molar-refractivity contribution is -0.0104. The van der Waals surface area contributed by atoms with Crippen LogP contribution in [0.5, 0.6) is 11.5 Å². The molecule has 1 atom stereocenters. The van der Waals surface area contributed by atoms with Crippen LogP contribution in [-0.4, -0.2) is 20.6 Å². The highest BCUT2D eigenvalue weighted by Crippen LogP contribution is 2.50. The summed E-state index contributed by atoms with van der Waals surface area (Å²) < 4.78 is 71.6. The Bertz CT molecular complexity index is 1040. The van der Waals surface area contributed by atoms with Gasteiger partial charge in [0.05, 0.1) is 11.5 Å². The number of sulfone groups is 1. The Hall–Kier alpha value is -2.53. The molecule has 0 aliphatic heterocycles. The number of hydrogen-bond donors (Lipinski definition) is 0. The molecule has 0 saturated heterocycles. The quantitative estimate of drug-likeness (QED) is 0.714. The van der Waals surface area contributed by atoms with E-state index in [9.17, 15) is 21.6 Å². The van der Waals surface area contributed by atoms with Crippen molar-refractivity contribution in [3.05, 3.63) is 58.7 Å². The molecule has 0 unspecified atom stereocenters. The molecule has 1 aliphatic rings. The van der Waals surface area contributed by atoms with E-state index in [1.54, 1.807) is 0 Å². The number of halogens is 3. The molecule has 2 aromatic rings. The first kappa shape index (κ1) is 18.3. The third kappa shape index (κ3) is 3.15. The van der Waals surface area contributed by atoms with Crippen molar-refractivity contribution >= 4 is 15.5 Å². The van der Waals surface area contributed by atoms with Crippen molar-refractivity contribution in [2.45, 2.75) is 30.1 Å². The second kappa shape index (κ2) is 6.02. The van der Waals surface area contributed by atoms with Gasteiger partial charge in [-0.1, -0.05) is 6.92 Å². The van der Waals surface area contributed by atoms with Gasteiger partial charge in [-0.15, -0.1) is 0 Å². The van der Waals surface area contributed by atoms with Gasteiger partial charge in [-0.25, -0.2) is 26.4 Å². The molecule has 0 spiro atoms. The maximum atomic E-state index is 14.3. The molecule has 8 heteroatoms. The SMILES string of the molecule is [C-]#[N+]c1cc([18F])cc(Oc2ccc(S(C)(=O)=O)c3c2CC(F)(F)[C@H]3C)c1. The molecule has 0 aromatic heterocycles. The van der Waals surface area contributed by atoms with Crippen LogP contribution < -0.4 is 4.74 Å². The van der Waals surface area contributed by atoms with Crippen LogP contribution in [0.1, 0.15) is 24.0 Å². The summed E-state index contributed by atoms with van der Waals surface area (Å²) in [7, 11) is -3.71. The molecular weight excluding hydrogens is 366 g/mol. The summed E-state index contributed by atoms with van der Waals surface area (Å²) in [6.45, 7) is 8.22. The molecule has 1 aliphatic carbocycles. The highest BCUT2D eigenvalue weighted by molar-refractivity contribution is 7.90. The standard InChI is InChI=1S/C18H14F3NO3S/c1-10-17-14(9-18(10,20)21)15(4-5-16(17)26(3,23)24)25-13-7-11(19)6-12(8-13)22-2/h4-8,10H,9H2,1,3H3/t10-/m0/s1/i19-1. The van der Waals surface area contributed by atoms with Gasteiger partial charge < -0.3 is 4.74 Å². The van der Waals surface area contributed by atoms with Crippen molar-refractivity contribution in [3.63, 3.8) is 0 Å². The van der Waals surface area contributed by atoms with E-state index in [2.05, 4.69) is 4.85 Å². The van der Waals surface area contributed by atoms with Crippen LogP contribution in [-0.2, 0) is 16.3 Å². The minimum atomic E-state index is -3.71. The summed E-state index contributed by atoms with van der Waals surface area (Å²) in [4.78, 5) is 2.96. The van der Waals surface area contributed by atoms with Crippen LogP contribution in [0, 0.1) is 12.4 Å². The van der Waals surface area contributed by atoms with Crippen molar-refractivity contribution in [2.75, 3.05) is 6.26 Å². The zero-order valence-electron chi connectivity index (χ0n) is 13.9. The van der Waals surface area contributed by atoms with E-state index >= 15 is 0 Å². The highest BCUT2D eigenvalue weighted by atomic mass is 32.2. The summed E-state index contributed by atoms with van der Waals surface area (Å²) in [5.74, 6) is -5.11. The van der Waals surface area contributed by atoms with Gasteiger partial charge in [0, 0.05) is 30.2 Å². The molecule has 0 fully saturated rings. The van der Waals surface area contributed by atoms with Gasteiger partial charge in [0.25, 0.3) is 5.92 Å². The molecule has 0 amide bonds. The molecular formula is C18H14F3NO3S. The first-order valence-corrected chi connectivity index (χ1v) is 9.51. The third-order valence-electron chi connectivity index (χ3n) is 4.37. The van der Waals surface area contributed by atoms with E-state index in [1.165, 1.54) is 25.1 Å². The number of nitrogens with zero attached hydrogens (tertiary/aromatic N) is 1. The minimum Gasteiger partial charge on any atom is -0.458 e. The Balaban J connectivity index is 2.15. The highest BCUT2D eigenvalue weighted by Gasteiger charge is 2.48. The fourth-order valence-electron chi connectivity index (χ4n) is 3.10. The van der Waals surface area contributed by atoms with Gasteiger partial charge in [-0.05, 0) is 29.8 Å². The van der Waals surface area contributed by atoms with Crippen molar-refractivity contribution in [1.29, 1.82) is 0 Å². The lowest BCUT2D eigenvalue weighted by atomic mass is 10.0. The van der Waals surface area contributed by atoms with Gasteiger partial charge in [0.1, 0.15) is 17.3 Å². The maximum Gasteiger partial charge on any atom is 0.258 e. The predicted molar refractivity (Wildman–Crippen MR) is 89.4 cm³/mol. The minimum absolute atomic E-state index is 0.00287. The molecule has 2 aromatic carbocycles. The Kier molecular flexibility index (Phi) is 4.23. The summed E-state index contributed by atoms with van der Waals surface area (Å²) >= 11 is 0. The summed E-state index contributed by atoms with van der Waals surface area (Å²) in [5, 5.41) is 0. The normalized spacial score (nSPS) is 18.2. The van der Waals surface area contributed by atoms with Gasteiger partial charge in [-0.2, -0.15) is 0 Å². The van der Waals surface area contributed by atoms with Crippen LogP contribution in [0.4, 0.5) is 18.9 Å². The average molecular weight is 380 g/mol. The fourth-order valence-corrected chi connectivity index (χ4v) is 4.11. The van der Waals surface area contributed by atoms with Gasteiger partial charge in [0.15, 0.2) is 15.5 Å². The zero-order valence-corrected chi connectivity index (χ0v) is 14.7. The summed E-state index contributed by atoms with van der Waals surface area (Å²) in [6, 6.07) is 5.83. The second-order valence-electron chi connectivity index (χ2n) is 6.24. The topological polar surface area (TPSA) is 47.7 Å². The Labute approximate surface area is 149 Å². The molecule has 136 valence electrons. The number of ether oxygens (including phenoxy) is 1. The van der Waals surface area contributed by atoms with Gasteiger partial charge in [0.2, 0.25) is 0 Å². The number of rotatable bonds is 3. The largest absolute Gasteiger partial charge is 0.458 e. The molecule has 26 heavy (non-hydrogen) atoms. The van der Waals surface area contributed by atoms with E-state index in [1.807, 2.05) is 0 Å². The number of fused-ring (bicyclic) bond motifs is 1. The molecule has 3 rings (SSSR count). The molecule has 0 saturated carbocycles. The number of benzene rings is 2. The van der Waals surface area contributed by atoms with Crippen LogP contribution in [0.15, 0.2) is 35.2 Å². The fraction of sp³-hybridized carbons (Fsp3) is 0.278. The molecule has 0 bridgehead atoms. The van der Waals surface area contributed by atoms with Crippen molar-refractivity contribution < 1.29 is 26.3 Å². The van der Waals surface area contributed by atoms with Crippen LogP contribution in [0.3, 0.4) is 0 Å². The van der Waals surface area contributed by atoms with Crippen molar-refractivity contribution in [1.82, 2.24) is 0 Å². The van der Waals surface area contributed by atoms with Crippen LogP contribution in [0.25, 0.3) is 4.85 Å².